The van der Waals surface area contributed by atoms with Crippen LogP contribution in [0.2, 0.25) is 0 Å². The summed E-state index contributed by atoms with van der Waals surface area (Å²) in [5.41, 5.74) is 7.05. The summed E-state index contributed by atoms with van der Waals surface area (Å²) in [6.07, 6.45) is 12.2. The van der Waals surface area contributed by atoms with Crippen molar-refractivity contribution in [1.82, 2.24) is 14.9 Å². The molecule has 0 unspecified atom stereocenters. The highest BCUT2D eigenvalue weighted by atomic mass is 35.5. The first kappa shape index (κ1) is 21.7. The first-order valence-electron chi connectivity index (χ1n) is 9.83. The smallest absolute Gasteiger partial charge is 0.129 e. The van der Waals surface area contributed by atoms with Crippen LogP contribution in [-0.4, -0.2) is 46.6 Å². The highest BCUT2D eigenvalue weighted by Gasteiger charge is 2.29. The molecule has 2 saturated carbocycles. The lowest BCUT2D eigenvalue weighted by atomic mass is 9.78. The summed E-state index contributed by atoms with van der Waals surface area (Å²) < 4.78 is 0. The molecule has 0 aromatic carbocycles. The van der Waals surface area contributed by atoms with Gasteiger partial charge in [0.1, 0.15) is 12.1 Å². The standard InChI is InChI=1S/C19H31N5.2ClH/c20-16-9-15(10-16)18-11-19(23-13-22-18)21-12-14-5-7-24(8-6-14)17-3-1-2-4-17;;/h11,13-17H,1-10,12,20H2,(H,21,22,23);2*1H. The van der Waals surface area contributed by atoms with Gasteiger partial charge in [-0.05, 0) is 57.5 Å². The zero-order valence-corrected chi connectivity index (χ0v) is 17.1. The lowest BCUT2D eigenvalue weighted by Crippen LogP contribution is -2.41. The van der Waals surface area contributed by atoms with Crippen LogP contribution in [0.4, 0.5) is 5.82 Å². The van der Waals surface area contributed by atoms with E-state index in [0.717, 1.165) is 42.9 Å². The van der Waals surface area contributed by atoms with E-state index in [-0.39, 0.29) is 24.8 Å². The van der Waals surface area contributed by atoms with Crippen molar-refractivity contribution < 1.29 is 0 Å². The minimum atomic E-state index is 0. The van der Waals surface area contributed by atoms with Gasteiger partial charge in [-0.3, -0.25) is 0 Å². The molecule has 0 spiro atoms. The van der Waals surface area contributed by atoms with Crippen LogP contribution in [0.15, 0.2) is 12.4 Å². The van der Waals surface area contributed by atoms with Gasteiger partial charge < -0.3 is 16.0 Å². The van der Waals surface area contributed by atoms with E-state index in [1.165, 1.54) is 51.6 Å². The molecule has 1 aromatic heterocycles. The fourth-order valence-electron chi connectivity index (χ4n) is 4.64. The van der Waals surface area contributed by atoms with Gasteiger partial charge >= 0.3 is 0 Å². The number of nitrogens with zero attached hydrogens (tertiary/aromatic N) is 3. The fourth-order valence-corrected chi connectivity index (χ4v) is 4.64. The Hall–Kier alpha value is -0.620. The second-order valence-electron chi connectivity index (χ2n) is 8.06. The number of likely N-dealkylation sites (tertiary alicyclic amines) is 1. The van der Waals surface area contributed by atoms with Gasteiger partial charge in [-0.1, -0.05) is 12.8 Å². The third kappa shape index (κ3) is 5.22. The van der Waals surface area contributed by atoms with Gasteiger partial charge in [-0.25, -0.2) is 9.97 Å². The van der Waals surface area contributed by atoms with Crippen LogP contribution in [0.1, 0.15) is 63.0 Å². The number of aromatic nitrogens is 2. The SMILES string of the molecule is Cl.Cl.NC1CC(c2cc(NCC3CCN(C4CCCC4)CC3)ncn2)C1. The number of nitrogens with two attached hydrogens (primary N) is 1. The Labute approximate surface area is 169 Å². The molecule has 7 heteroatoms. The van der Waals surface area contributed by atoms with E-state index < -0.39 is 0 Å². The van der Waals surface area contributed by atoms with Crippen molar-refractivity contribution in [3.05, 3.63) is 18.1 Å². The van der Waals surface area contributed by atoms with Crippen LogP contribution < -0.4 is 11.1 Å². The summed E-state index contributed by atoms with van der Waals surface area (Å²) in [7, 11) is 0. The van der Waals surface area contributed by atoms with Gasteiger partial charge in [0, 0.05) is 36.3 Å². The molecule has 5 nitrogen and oxygen atoms in total. The number of hydrogen-bond acceptors (Lipinski definition) is 5. The molecule has 148 valence electrons. The summed E-state index contributed by atoms with van der Waals surface area (Å²) in [5, 5.41) is 3.55. The maximum Gasteiger partial charge on any atom is 0.129 e. The zero-order chi connectivity index (χ0) is 16.4. The van der Waals surface area contributed by atoms with Gasteiger partial charge in [0.05, 0.1) is 0 Å². The first-order valence-corrected chi connectivity index (χ1v) is 9.83. The molecule has 1 saturated heterocycles. The quantitative estimate of drug-likeness (QED) is 0.788. The Morgan fingerprint density at radius 2 is 1.73 bits per heavy atom. The number of nitrogens with one attached hydrogen (secondary N) is 1. The molecule has 0 amide bonds. The number of piperidine rings is 1. The Kier molecular flexibility index (Phi) is 8.40. The van der Waals surface area contributed by atoms with Crippen LogP contribution in [0.25, 0.3) is 0 Å². The molecule has 2 aliphatic carbocycles. The van der Waals surface area contributed by atoms with Crippen molar-refractivity contribution in [1.29, 1.82) is 0 Å². The fraction of sp³-hybridized carbons (Fsp3) is 0.789. The van der Waals surface area contributed by atoms with Crippen LogP contribution in [0.3, 0.4) is 0 Å². The van der Waals surface area contributed by atoms with E-state index in [9.17, 15) is 0 Å². The third-order valence-corrected chi connectivity index (χ3v) is 6.34. The van der Waals surface area contributed by atoms with Crippen LogP contribution >= 0.6 is 24.8 Å². The first-order chi connectivity index (χ1) is 11.8. The lowest BCUT2D eigenvalue weighted by Gasteiger charge is -2.36. The summed E-state index contributed by atoms with van der Waals surface area (Å²) in [4.78, 5) is 11.6. The van der Waals surface area contributed by atoms with E-state index in [0.29, 0.717) is 12.0 Å². The molecular formula is C19H33Cl2N5. The van der Waals surface area contributed by atoms with E-state index in [2.05, 4.69) is 26.3 Å². The summed E-state index contributed by atoms with van der Waals surface area (Å²) in [6.45, 7) is 3.61. The van der Waals surface area contributed by atoms with E-state index in [4.69, 9.17) is 5.73 Å². The van der Waals surface area contributed by atoms with Crippen molar-refractivity contribution in [2.75, 3.05) is 25.0 Å². The van der Waals surface area contributed by atoms with E-state index >= 15 is 0 Å². The summed E-state index contributed by atoms with van der Waals surface area (Å²) in [5.74, 6) is 2.30. The molecule has 4 rings (SSSR count). The van der Waals surface area contributed by atoms with Crippen molar-refractivity contribution >= 4 is 30.6 Å². The normalized spacial score (nSPS) is 27.3. The monoisotopic (exact) mass is 401 g/mol. The second-order valence-corrected chi connectivity index (χ2v) is 8.06. The number of anilines is 1. The Morgan fingerprint density at radius 1 is 1.04 bits per heavy atom. The molecule has 0 radical (unpaired) electrons. The average Bonchev–Trinajstić information content (AvgIpc) is 3.12. The van der Waals surface area contributed by atoms with Gasteiger partial charge in [0.25, 0.3) is 0 Å². The molecule has 3 N–H and O–H groups in total. The Morgan fingerprint density at radius 3 is 2.38 bits per heavy atom. The maximum atomic E-state index is 5.89. The minimum Gasteiger partial charge on any atom is -0.370 e. The second kappa shape index (κ2) is 10.1. The number of hydrogen-bond donors (Lipinski definition) is 2. The van der Waals surface area contributed by atoms with Gasteiger partial charge in [0.2, 0.25) is 0 Å². The molecular weight excluding hydrogens is 369 g/mol. The molecule has 26 heavy (non-hydrogen) atoms. The molecule has 0 atom stereocenters. The highest BCUT2D eigenvalue weighted by Crippen LogP contribution is 2.35. The molecule has 1 aromatic rings. The van der Waals surface area contributed by atoms with Crippen molar-refractivity contribution in [2.24, 2.45) is 11.7 Å². The van der Waals surface area contributed by atoms with Crippen LogP contribution in [0, 0.1) is 5.92 Å². The lowest BCUT2D eigenvalue weighted by molar-refractivity contribution is 0.138. The van der Waals surface area contributed by atoms with Crippen LogP contribution in [-0.2, 0) is 0 Å². The van der Waals surface area contributed by atoms with Gasteiger partial charge in [-0.15, -0.1) is 24.8 Å². The van der Waals surface area contributed by atoms with Gasteiger partial charge in [-0.2, -0.15) is 0 Å². The van der Waals surface area contributed by atoms with E-state index in [1.807, 2.05) is 0 Å². The highest BCUT2D eigenvalue weighted by molar-refractivity contribution is 5.85. The minimum absolute atomic E-state index is 0. The summed E-state index contributed by atoms with van der Waals surface area (Å²) in [6, 6.07) is 3.38. The maximum absolute atomic E-state index is 5.89. The van der Waals surface area contributed by atoms with Crippen LogP contribution in [0.5, 0.6) is 0 Å². The Balaban J connectivity index is 0.00000121. The van der Waals surface area contributed by atoms with Crippen molar-refractivity contribution in [2.45, 2.75) is 69.4 Å². The molecule has 0 bridgehead atoms. The predicted octanol–water partition coefficient (Wildman–Crippen LogP) is 3.59. The largest absolute Gasteiger partial charge is 0.370 e. The summed E-state index contributed by atoms with van der Waals surface area (Å²) >= 11 is 0. The topological polar surface area (TPSA) is 67.1 Å². The molecule has 1 aliphatic heterocycles. The molecule has 3 aliphatic rings. The number of halogens is 2. The predicted molar refractivity (Wildman–Crippen MR) is 112 cm³/mol. The third-order valence-electron chi connectivity index (χ3n) is 6.34. The number of rotatable bonds is 5. The van der Waals surface area contributed by atoms with Crippen molar-refractivity contribution in [3.63, 3.8) is 0 Å². The zero-order valence-electron chi connectivity index (χ0n) is 15.5. The Bertz CT molecular complexity index is 538. The average molecular weight is 402 g/mol. The van der Waals surface area contributed by atoms with Crippen molar-refractivity contribution in [3.8, 4) is 0 Å². The molecule has 2 heterocycles. The van der Waals surface area contributed by atoms with E-state index in [1.54, 1.807) is 6.33 Å². The van der Waals surface area contributed by atoms with Gasteiger partial charge in [0.15, 0.2) is 0 Å². The molecule has 3 fully saturated rings.